The third-order valence-electron chi connectivity index (χ3n) is 2.60. The fraction of sp³-hybridized carbons (Fsp3) is 0. The van der Waals surface area contributed by atoms with Crippen molar-refractivity contribution in [3.05, 3.63) is 52.0 Å². The van der Waals surface area contributed by atoms with Crippen LogP contribution in [0.15, 0.2) is 41.5 Å². The highest BCUT2D eigenvalue weighted by Crippen LogP contribution is 2.40. The Morgan fingerprint density at radius 2 is 1.82 bits per heavy atom. The number of urea groups is 1. The number of nitrogens with zero attached hydrogens (tertiary/aromatic N) is 1. The fourth-order valence-electron chi connectivity index (χ4n) is 1.56. The molecule has 0 fully saturated rings. The fourth-order valence-corrected chi connectivity index (χ4v) is 2.03. The molecule has 2 aromatic rings. The van der Waals surface area contributed by atoms with Crippen molar-refractivity contribution in [2.75, 3.05) is 5.32 Å². The predicted octanol–water partition coefficient (Wildman–Crippen LogP) is 3.56. The molecule has 0 aromatic heterocycles. The van der Waals surface area contributed by atoms with E-state index in [1.165, 1.54) is 6.07 Å². The van der Waals surface area contributed by atoms with Gasteiger partial charge in [-0.15, -0.1) is 0 Å². The summed E-state index contributed by atoms with van der Waals surface area (Å²) in [6.45, 7) is 0. The van der Waals surface area contributed by atoms with Crippen LogP contribution in [0.1, 0.15) is 5.56 Å². The second-order valence-electron chi connectivity index (χ2n) is 4.15. The number of hydrogen-bond acceptors (Lipinski definition) is 4. The molecule has 22 heavy (non-hydrogen) atoms. The molecule has 0 saturated carbocycles. The number of hydrazone groups is 1. The Balaban J connectivity index is 2.03. The molecule has 0 spiro atoms. The van der Waals surface area contributed by atoms with E-state index in [-0.39, 0.29) is 15.6 Å². The molecule has 0 aliphatic carbocycles. The molecule has 0 aliphatic rings. The van der Waals surface area contributed by atoms with E-state index in [4.69, 9.17) is 23.2 Å². The maximum atomic E-state index is 11.6. The van der Waals surface area contributed by atoms with Crippen LogP contribution in [0, 0.1) is 0 Å². The van der Waals surface area contributed by atoms with Gasteiger partial charge in [0.05, 0.1) is 11.2 Å². The molecule has 0 radical (unpaired) electrons. The lowest BCUT2D eigenvalue weighted by Crippen LogP contribution is -2.24. The van der Waals surface area contributed by atoms with E-state index in [1.54, 1.807) is 24.3 Å². The lowest BCUT2D eigenvalue weighted by molar-refractivity contribution is 0.252. The SMILES string of the molecule is O=C(N/N=C/c1cc(Cl)c(O)c(Cl)c1O)Nc1ccccc1. The van der Waals surface area contributed by atoms with E-state index >= 15 is 0 Å². The molecule has 0 bridgehead atoms. The zero-order chi connectivity index (χ0) is 16.1. The highest BCUT2D eigenvalue weighted by atomic mass is 35.5. The minimum atomic E-state index is -0.557. The normalized spacial score (nSPS) is 10.6. The summed E-state index contributed by atoms with van der Waals surface area (Å²) in [6.07, 6.45) is 1.15. The van der Waals surface area contributed by atoms with Crippen molar-refractivity contribution in [3.63, 3.8) is 0 Å². The van der Waals surface area contributed by atoms with Gasteiger partial charge in [0.2, 0.25) is 0 Å². The standard InChI is InChI=1S/C14H11Cl2N3O3/c15-10-6-8(12(20)11(16)13(10)21)7-17-19-14(22)18-9-4-2-1-3-5-9/h1-7,20-21H,(H2,18,19,22)/b17-7+. The van der Waals surface area contributed by atoms with E-state index in [0.717, 1.165) is 6.21 Å². The zero-order valence-electron chi connectivity index (χ0n) is 11.0. The van der Waals surface area contributed by atoms with Crippen molar-refractivity contribution in [1.29, 1.82) is 0 Å². The van der Waals surface area contributed by atoms with Crippen LogP contribution in [-0.4, -0.2) is 22.5 Å². The maximum absolute atomic E-state index is 11.6. The number of para-hydroxylation sites is 1. The predicted molar refractivity (Wildman–Crippen MR) is 86.0 cm³/mol. The summed E-state index contributed by atoms with van der Waals surface area (Å²) in [6, 6.07) is 9.51. The molecule has 0 unspecified atom stereocenters. The van der Waals surface area contributed by atoms with Gasteiger partial charge in [0.25, 0.3) is 0 Å². The molecule has 4 N–H and O–H groups in total. The topological polar surface area (TPSA) is 94.0 Å². The van der Waals surface area contributed by atoms with E-state index in [0.29, 0.717) is 5.69 Å². The minimum Gasteiger partial charge on any atom is -0.506 e. The Morgan fingerprint density at radius 1 is 1.14 bits per heavy atom. The first kappa shape index (κ1) is 15.9. The Morgan fingerprint density at radius 3 is 2.50 bits per heavy atom. The van der Waals surface area contributed by atoms with Crippen LogP contribution >= 0.6 is 23.2 Å². The van der Waals surface area contributed by atoms with Crippen LogP contribution in [0.3, 0.4) is 0 Å². The average Bonchev–Trinajstić information content (AvgIpc) is 2.51. The lowest BCUT2D eigenvalue weighted by atomic mass is 10.2. The van der Waals surface area contributed by atoms with Crippen LogP contribution in [0.2, 0.25) is 10.0 Å². The van der Waals surface area contributed by atoms with Crippen LogP contribution in [0.25, 0.3) is 0 Å². The molecule has 0 heterocycles. The van der Waals surface area contributed by atoms with Gasteiger partial charge in [-0.1, -0.05) is 41.4 Å². The van der Waals surface area contributed by atoms with Gasteiger partial charge < -0.3 is 15.5 Å². The summed E-state index contributed by atoms with van der Waals surface area (Å²) in [5, 5.41) is 25.1. The van der Waals surface area contributed by atoms with Gasteiger partial charge in [-0.3, -0.25) is 0 Å². The third-order valence-corrected chi connectivity index (χ3v) is 3.25. The number of benzene rings is 2. The Hall–Kier alpha value is -2.44. The molecule has 2 amide bonds. The summed E-state index contributed by atoms with van der Waals surface area (Å²) in [5.41, 5.74) is 2.97. The number of halogens is 2. The highest BCUT2D eigenvalue weighted by Gasteiger charge is 2.13. The third kappa shape index (κ3) is 3.81. The van der Waals surface area contributed by atoms with Gasteiger partial charge in [-0.25, -0.2) is 10.2 Å². The van der Waals surface area contributed by atoms with Gasteiger partial charge in [-0.05, 0) is 18.2 Å². The average molecular weight is 340 g/mol. The molecule has 0 saturated heterocycles. The van der Waals surface area contributed by atoms with Crippen LogP contribution in [0.4, 0.5) is 10.5 Å². The van der Waals surface area contributed by atoms with E-state index < -0.39 is 17.5 Å². The second kappa shape index (κ2) is 7.02. The van der Waals surface area contributed by atoms with Crippen molar-refractivity contribution < 1.29 is 15.0 Å². The quantitative estimate of drug-likeness (QED) is 0.508. The first-order valence-corrected chi connectivity index (χ1v) is 6.79. The van der Waals surface area contributed by atoms with Gasteiger partial charge in [0.1, 0.15) is 10.8 Å². The van der Waals surface area contributed by atoms with Crippen LogP contribution in [0.5, 0.6) is 11.5 Å². The zero-order valence-corrected chi connectivity index (χ0v) is 12.6. The van der Waals surface area contributed by atoms with Crippen molar-refractivity contribution in [2.24, 2.45) is 5.10 Å². The molecule has 114 valence electrons. The molecule has 0 aliphatic heterocycles. The number of aromatic hydroxyl groups is 2. The van der Waals surface area contributed by atoms with Crippen LogP contribution < -0.4 is 10.7 Å². The van der Waals surface area contributed by atoms with Gasteiger partial charge in [0, 0.05) is 11.3 Å². The minimum absolute atomic E-state index is 0.0435. The maximum Gasteiger partial charge on any atom is 0.339 e. The Bertz CT molecular complexity index is 721. The number of hydrogen-bond donors (Lipinski definition) is 4. The second-order valence-corrected chi connectivity index (χ2v) is 4.93. The molecule has 2 aromatic carbocycles. The summed E-state index contributed by atoms with van der Waals surface area (Å²) < 4.78 is 0. The molecular formula is C14H11Cl2N3O3. The number of amides is 2. The van der Waals surface area contributed by atoms with Gasteiger partial charge >= 0.3 is 6.03 Å². The molecular weight excluding hydrogens is 329 g/mol. The molecule has 8 heteroatoms. The first-order chi connectivity index (χ1) is 10.5. The highest BCUT2D eigenvalue weighted by molar-refractivity contribution is 6.38. The number of carbonyl (C=O) groups excluding carboxylic acids is 1. The van der Waals surface area contributed by atoms with E-state index in [1.807, 2.05) is 6.07 Å². The van der Waals surface area contributed by atoms with Crippen molar-refractivity contribution in [2.45, 2.75) is 0 Å². The van der Waals surface area contributed by atoms with Crippen molar-refractivity contribution >= 4 is 41.1 Å². The summed E-state index contributed by atoms with van der Waals surface area (Å²) in [5.74, 6) is -0.814. The number of carbonyl (C=O) groups is 1. The monoisotopic (exact) mass is 339 g/mol. The molecule has 0 atom stereocenters. The number of phenolic OH excluding ortho intramolecular Hbond substituents is 2. The number of rotatable bonds is 3. The Labute approximate surface area is 136 Å². The molecule has 2 rings (SSSR count). The van der Waals surface area contributed by atoms with Gasteiger partial charge in [0.15, 0.2) is 5.75 Å². The number of nitrogens with one attached hydrogen (secondary N) is 2. The summed E-state index contributed by atoms with van der Waals surface area (Å²) in [4.78, 5) is 11.6. The smallest absolute Gasteiger partial charge is 0.339 e. The Kier molecular flexibility index (Phi) is 5.08. The van der Waals surface area contributed by atoms with E-state index in [2.05, 4.69) is 15.8 Å². The van der Waals surface area contributed by atoms with Crippen molar-refractivity contribution in [1.82, 2.24) is 5.43 Å². The van der Waals surface area contributed by atoms with Gasteiger partial charge in [-0.2, -0.15) is 5.10 Å². The van der Waals surface area contributed by atoms with Crippen LogP contribution in [-0.2, 0) is 0 Å². The first-order valence-electron chi connectivity index (χ1n) is 6.04. The van der Waals surface area contributed by atoms with E-state index in [9.17, 15) is 15.0 Å². The summed E-state index contributed by atoms with van der Waals surface area (Å²) >= 11 is 11.4. The number of anilines is 1. The lowest BCUT2D eigenvalue weighted by Gasteiger charge is -2.06. The van der Waals surface area contributed by atoms with Crippen molar-refractivity contribution in [3.8, 4) is 11.5 Å². The largest absolute Gasteiger partial charge is 0.506 e. The number of phenols is 2. The summed E-state index contributed by atoms with van der Waals surface area (Å²) in [7, 11) is 0. The molecule has 6 nitrogen and oxygen atoms in total.